The van der Waals surface area contributed by atoms with Gasteiger partial charge in [0.2, 0.25) is 0 Å². The first-order chi connectivity index (χ1) is 9.70. The Morgan fingerprint density at radius 3 is 2.50 bits per heavy atom. The molecule has 1 saturated heterocycles. The highest BCUT2D eigenvalue weighted by Gasteiger charge is 2.22. The molecule has 0 spiro atoms. The van der Waals surface area contributed by atoms with Gasteiger partial charge in [0.15, 0.2) is 0 Å². The van der Waals surface area contributed by atoms with Gasteiger partial charge in [0.25, 0.3) is 5.91 Å². The van der Waals surface area contributed by atoms with Gasteiger partial charge in [-0.3, -0.25) is 4.79 Å². The van der Waals surface area contributed by atoms with E-state index in [1.165, 1.54) is 0 Å². The average molecular weight is 279 g/mol. The predicted molar refractivity (Wildman–Crippen MR) is 74.0 cm³/mol. The van der Waals surface area contributed by atoms with Crippen molar-refractivity contribution in [1.29, 1.82) is 0 Å². The van der Waals surface area contributed by atoms with E-state index in [1.807, 2.05) is 24.3 Å². The summed E-state index contributed by atoms with van der Waals surface area (Å²) in [6, 6.07) is 7.51. The van der Waals surface area contributed by atoms with Crippen molar-refractivity contribution in [2.24, 2.45) is 0 Å². The van der Waals surface area contributed by atoms with Crippen LogP contribution in [0, 0.1) is 0 Å². The number of nitrogens with zero attached hydrogens (tertiary/aromatic N) is 1. The summed E-state index contributed by atoms with van der Waals surface area (Å²) in [5.41, 5.74) is 1.86. The van der Waals surface area contributed by atoms with E-state index in [4.69, 9.17) is 14.6 Å². The molecule has 1 N–H and O–H groups in total. The van der Waals surface area contributed by atoms with Crippen molar-refractivity contribution in [2.45, 2.75) is 26.2 Å². The fourth-order valence-electron chi connectivity index (χ4n) is 2.07. The molecule has 1 aromatic rings. The lowest BCUT2D eigenvalue weighted by molar-refractivity contribution is -0.147. The molecule has 0 aromatic heterocycles. The van der Waals surface area contributed by atoms with Crippen molar-refractivity contribution < 1.29 is 19.4 Å². The number of hydrogen-bond acceptors (Lipinski definition) is 4. The third-order valence-corrected chi connectivity index (χ3v) is 3.38. The molecule has 20 heavy (non-hydrogen) atoms. The minimum Gasteiger partial charge on any atom is -0.392 e. The number of carbonyl (C=O) groups excluding carboxylic acids is 1. The molecule has 110 valence electrons. The van der Waals surface area contributed by atoms with Crippen LogP contribution in [0.3, 0.4) is 0 Å². The largest absolute Gasteiger partial charge is 0.392 e. The number of morpholine rings is 1. The second kappa shape index (κ2) is 7.38. The number of amides is 1. The van der Waals surface area contributed by atoms with Crippen LogP contribution < -0.4 is 0 Å². The number of hydrogen-bond donors (Lipinski definition) is 1. The van der Waals surface area contributed by atoms with Crippen molar-refractivity contribution >= 4 is 5.91 Å². The molecule has 1 aromatic carbocycles. The number of carbonyl (C=O) groups is 1. The van der Waals surface area contributed by atoms with Gasteiger partial charge < -0.3 is 19.5 Å². The Labute approximate surface area is 119 Å². The Morgan fingerprint density at radius 1 is 1.30 bits per heavy atom. The molecule has 0 bridgehead atoms. The highest BCUT2D eigenvalue weighted by atomic mass is 16.5. The fraction of sp³-hybridized carbons (Fsp3) is 0.533. The fourth-order valence-corrected chi connectivity index (χ4v) is 2.07. The lowest BCUT2D eigenvalue weighted by Crippen LogP contribution is -2.45. The van der Waals surface area contributed by atoms with Crippen LogP contribution in [0.2, 0.25) is 0 Å². The molecule has 1 fully saturated rings. The molecule has 5 heteroatoms. The molecule has 1 heterocycles. The third kappa shape index (κ3) is 4.03. The first kappa shape index (κ1) is 15.0. The third-order valence-electron chi connectivity index (χ3n) is 3.38. The molecule has 0 radical (unpaired) electrons. The second-order valence-corrected chi connectivity index (χ2v) is 4.87. The SMILES string of the molecule is C[C@@H](OCc1ccc(CO)cc1)C(=O)N1CCOCC1. The zero-order valence-corrected chi connectivity index (χ0v) is 11.7. The van der Waals surface area contributed by atoms with E-state index >= 15 is 0 Å². The Kier molecular flexibility index (Phi) is 5.52. The highest BCUT2D eigenvalue weighted by Crippen LogP contribution is 2.09. The summed E-state index contributed by atoms with van der Waals surface area (Å²) in [7, 11) is 0. The summed E-state index contributed by atoms with van der Waals surface area (Å²) in [6.45, 7) is 4.67. The molecule has 0 unspecified atom stereocenters. The lowest BCUT2D eigenvalue weighted by atomic mass is 10.1. The van der Waals surface area contributed by atoms with Crippen LogP contribution in [-0.2, 0) is 27.5 Å². The second-order valence-electron chi connectivity index (χ2n) is 4.87. The normalized spacial score (nSPS) is 17.0. The number of ether oxygens (including phenoxy) is 2. The van der Waals surface area contributed by atoms with Gasteiger partial charge in [-0.15, -0.1) is 0 Å². The molecule has 1 aliphatic rings. The van der Waals surface area contributed by atoms with Crippen LogP contribution in [-0.4, -0.2) is 48.3 Å². The molecular formula is C15H21NO4. The van der Waals surface area contributed by atoms with Crippen molar-refractivity contribution in [3.05, 3.63) is 35.4 Å². The van der Waals surface area contributed by atoms with Crippen LogP contribution in [0.25, 0.3) is 0 Å². The number of benzene rings is 1. The lowest BCUT2D eigenvalue weighted by Gasteiger charge is -2.29. The molecule has 1 atom stereocenters. The molecule has 1 aliphatic heterocycles. The number of rotatable bonds is 5. The maximum atomic E-state index is 12.1. The van der Waals surface area contributed by atoms with E-state index in [9.17, 15) is 4.79 Å². The quantitative estimate of drug-likeness (QED) is 0.871. The maximum absolute atomic E-state index is 12.1. The monoisotopic (exact) mass is 279 g/mol. The zero-order chi connectivity index (χ0) is 14.4. The van der Waals surface area contributed by atoms with Crippen molar-refractivity contribution in [3.63, 3.8) is 0 Å². The summed E-state index contributed by atoms with van der Waals surface area (Å²) in [6.07, 6.45) is -0.453. The summed E-state index contributed by atoms with van der Waals surface area (Å²) in [5.74, 6) is 0.0141. The van der Waals surface area contributed by atoms with E-state index in [0.29, 0.717) is 32.9 Å². The molecule has 2 rings (SSSR count). The Bertz CT molecular complexity index is 426. The molecule has 0 saturated carbocycles. The van der Waals surface area contributed by atoms with Gasteiger partial charge in [-0.1, -0.05) is 24.3 Å². The standard InChI is InChI=1S/C15H21NO4/c1-12(15(18)16-6-8-19-9-7-16)20-11-14-4-2-13(10-17)3-5-14/h2-5,12,17H,6-11H2,1H3/t12-/m1/s1. The van der Waals surface area contributed by atoms with Crippen LogP contribution in [0.5, 0.6) is 0 Å². The minimum atomic E-state index is -0.453. The van der Waals surface area contributed by atoms with Crippen LogP contribution >= 0.6 is 0 Å². The minimum absolute atomic E-state index is 0.0141. The average Bonchev–Trinajstić information content (AvgIpc) is 2.53. The van der Waals surface area contributed by atoms with E-state index in [1.54, 1.807) is 11.8 Å². The van der Waals surface area contributed by atoms with Crippen molar-refractivity contribution in [2.75, 3.05) is 26.3 Å². The van der Waals surface area contributed by atoms with Gasteiger partial charge in [0.1, 0.15) is 6.10 Å². The van der Waals surface area contributed by atoms with E-state index in [2.05, 4.69) is 0 Å². The van der Waals surface area contributed by atoms with Gasteiger partial charge in [-0.05, 0) is 18.1 Å². The van der Waals surface area contributed by atoms with Gasteiger partial charge in [0.05, 0.1) is 26.4 Å². The van der Waals surface area contributed by atoms with E-state index in [0.717, 1.165) is 11.1 Å². The van der Waals surface area contributed by atoms with Gasteiger partial charge >= 0.3 is 0 Å². The number of aliphatic hydroxyl groups is 1. The molecule has 1 amide bonds. The Balaban J connectivity index is 1.81. The summed E-state index contributed by atoms with van der Waals surface area (Å²) < 4.78 is 10.8. The maximum Gasteiger partial charge on any atom is 0.251 e. The van der Waals surface area contributed by atoms with Crippen LogP contribution in [0.4, 0.5) is 0 Å². The summed E-state index contributed by atoms with van der Waals surface area (Å²) >= 11 is 0. The smallest absolute Gasteiger partial charge is 0.251 e. The van der Waals surface area contributed by atoms with E-state index < -0.39 is 6.10 Å². The molecular weight excluding hydrogens is 258 g/mol. The van der Waals surface area contributed by atoms with Gasteiger partial charge in [-0.25, -0.2) is 0 Å². The summed E-state index contributed by atoms with van der Waals surface area (Å²) in [5, 5.41) is 8.97. The predicted octanol–water partition coefficient (Wildman–Crippen LogP) is 0.943. The van der Waals surface area contributed by atoms with Crippen LogP contribution in [0.15, 0.2) is 24.3 Å². The first-order valence-electron chi connectivity index (χ1n) is 6.87. The van der Waals surface area contributed by atoms with E-state index in [-0.39, 0.29) is 12.5 Å². The highest BCUT2D eigenvalue weighted by molar-refractivity contribution is 5.80. The van der Waals surface area contributed by atoms with Crippen molar-refractivity contribution in [1.82, 2.24) is 4.90 Å². The van der Waals surface area contributed by atoms with Crippen molar-refractivity contribution in [3.8, 4) is 0 Å². The van der Waals surface area contributed by atoms with Crippen LogP contribution in [0.1, 0.15) is 18.1 Å². The molecule has 5 nitrogen and oxygen atoms in total. The zero-order valence-electron chi connectivity index (χ0n) is 11.7. The van der Waals surface area contributed by atoms with Gasteiger partial charge in [0, 0.05) is 13.1 Å². The Morgan fingerprint density at radius 2 is 1.90 bits per heavy atom. The van der Waals surface area contributed by atoms with Gasteiger partial charge in [-0.2, -0.15) is 0 Å². The summed E-state index contributed by atoms with van der Waals surface area (Å²) in [4.78, 5) is 13.9. The Hall–Kier alpha value is -1.43. The topological polar surface area (TPSA) is 59.0 Å². The number of aliphatic hydroxyl groups excluding tert-OH is 1. The first-order valence-corrected chi connectivity index (χ1v) is 6.87. The molecule has 0 aliphatic carbocycles.